The first-order chi connectivity index (χ1) is 7.08. The Morgan fingerprint density at radius 2 is 1.56 bits per heavy atom. The van der Waals surface area contributed by atoms with E-state index in [0.29, 0.717) is 12.8 Å². The second-order valence-corrected chi connectivity index (χ2v) is 3.71. The summed E-state index contributed by atoms with van der Waals surface area (Å²) in [5.41, 5.74) is 0. The Hall–Kier alpha value is -0.460. The van der Waals surface area contributed by atoms with E-state index < -0.39 is 24.8 Å². The lowest BCUT2D eigenvalue weighted by molar-refractivity contribution is -0.222. The lowest BCUT2D eigenvalue weighted by Crippen LogP contribution is -2.46. The summed E-state index contributed by atoms with van der Waals surface area (Å²) in [5.74, 6) is 0. The molecule has 0 aromatic rings. The SMILES string of the molecule is CCCCN(C)C(CC(F)(F)F)C(F)(F)F. The molecule has 0 saturated carbocycles. The number of hydrogen-bond acceptors (Lipinski definition) is 1. The maximum Gasteiger partial charge on any atom is 0.404 e. The molecule has 0 heterocycles. The largest absolute Gasteiger partial charge is 0.404 e. The quantitative estimate of drug-likeness (QED) is 0.675. The summed E-state index contributed by atoms with van der Waals surface area (Å²) in [6, 6.07) is -2.45. The highest BCUT2D eigenvalue weighted by molar-refractivity contribution is 4.79. The highest BCUT2D eigenvalue weighted by Crippen LogP contribution is 2.33. The van der Waals surface area contributed by atoms with Gasteiger partial charge in [0.05, 0.1) is 6.42 Å². The molecule has 0 aliphatic carbocycles. The summed E-state index contributed by atoms with van der Waals surface area (Å²) in [6.45, 7) is 1.77. The molecule has 0 amide bonds. The first-order valence-electron chi connectivity index (χ1n) is 4.91. The van der Waals surface area contributed by atoms with E-state index in [0.717, 1.165) is 11.9 Å². The van der Waals surface area contributed by atoms with Crippen molar-refractivity contribution < 1.29 is 26.3 Å². The number of hydrogen-bond donors (Lipinski definition) is 0. The van der Waals surface area contributed by atoms with Crippen LogP contribution in [-0.4, -0.2) is 36.9 Å². The molecule has 0 aromatic heterocycles. The Kier molecular flexibility index (Phi) is 5.58. The summed E-state index contributed by atoms with van der Waals surface area (Å²) in [7, 11) is 1.07. The summed E-state index contributed by atoms with van der Waals surface area (Å²) in [6.07, 6.45) is -10.4. The molecule has 1 nitrogen and oxygen atoms in total. The van der Waals surface area contributed by atoms with Gasteiger partial charge in [-0.15, -0.1) is 0 Å². The van der Waals surface area contributed by atoms with Gasteiger partial charge in [0.25, 0.3) is 0 Å². The highest BCUT2D eigenvalue weighted by Gasteiger charge is 2.48. The molecule has 0 aromatic carbocycles. The predicted molar refractivity (Wildman–Crippen MR) is 48.1 cm³/mol. The highest BCUT2D eigenvalue weighted by atomic mass is 19.4. The fourth-order valence-electron chi connectivity index (χ4n) is 1.30. The van der Waals surface area contributed by atoms with Crippen LogP contribution in [0, 0.1) is 0 Å². The molecular weight excluding hydrogens is 236 g/mol. The molecule has 0 aliphatic heterocycles. The van der Waals surface area contributed by atoms with E-state index in [4.69, 9.17) is 0 Å². The second-order valence-electron chi connectivity index (χ2n) is 3.71. The molecule has 1 atom stereocenters. The van der Waals surface area contributed by atoms with Crippen LogP contribution in [0.2, 0.25) is 0 Å². The molecule has 0 radical (unpaired) electrons. The Labute approximate surface area is 90.4 Å². The van der Waals surface area contributed by atoms with E-state index in [1.807, 2.05) is 0 Å². The van der Waals surface area contributed by atoms with Gasteiger partial charge in [-0.2, -0.15) is 26.3 Å². The molecule has 0 saturated heterocycles. The number of rotatable bonds is 5. The zero-order valence-corrected chi connectivity index (χ0v) is 9.12. The van der Waals surface area contributed by atoms with Gasteiger partial charge in [0.1, 0.15) is 6.04 Å². The Balaban J connectivity index is 4.55. The standard InChI is InChI=1S/C9H15F6N/c1-3-4-5-16(2)7(9(13,14)15)6-8(10,11)12/h7H,3-6H2,1-2H3. The van der Waals surface area contributed by atoms with Crippen molar-refractivity contribution in [2.75, 3.05) is 13.6 Å². The fraction of sp³-hybridized carbons (Fsp3) is 1.00. The van der Waals surface area contributed by atoms with Crippen molar-refractivity contribution in [2.24, 2.45) is 0 Å². The van der Waals surface area contributed by atoms with E-state index in [2.05, 4.69) is 0 Å². The first kappa shape index (κ1) is 15.5. The molecule has 0 bridgehead atoms. The molecule has 7 heteroatoms. The average Bonchev–Trinajstić information content (AvgIpc) is 2.07. The van der Waals surface area contributed by atoms with Gasteiger partial charge in [-0.05, 0) is 20.0 Å². The summed E-state index contributed by atoms with van der Waals surface area (Å²) >= 11 is 0. The van der Waals surface area contributed by atoms with Crippen molar-refractivity contribution >= 4 is 0 Å². The van der Waals surface area contributed by atoms with Crippen LogP contribution in [0.4, 0.5) is 26.3 Å². The topological polar surface area (TPSA) is 3.24 Å². The third kappa shape index (κ3) is 6.19. The molecule has 0 rings (SSSR count). The summed E-state index contributed by atoms with van der Waals surface area (Å²) in [5, 5.41) is 0. The molecular formula is C9H15F6N. The molecule has 98 valence electrons. The minimum absolute atomic E-state index is 0.0107. The third-order valence-electron chi connectivity index (χ3n) is 2.20. The molecule has 0 N–H and O–H groups in total. The van der Waals surface area contributed by atoms with Crippen LogP contribution in [0.5, 0.6) is 0 Å². The third-order valence-corrected chi connectivity index (χ3v) is 2.20. The van der Waals surface area contributed by atoms with Crippen LogP contribution in [0.3, 0.4) is 0 Å². The lowest BCUT2D eigenvalue weighted by atomic mass is 10.1. The van der Waals surface area contributed by atoms with Gasteiger partial charge in [0.2, 0.25) is 0 Å². The van der Waals surface area contributed by atoms with E-state index in [1.165, 1.54) is 0 Å². The zero-order valence-electron chi connectivity index (χ0n) is 9.12. The van der Waals surface area contributed by atoms with Crippen LogP contribution in [0.15, 0.2) is 0 Å². The number of nitrogens with zero attached hydrogens (tertiary/aromatic N) is 1. The smallest absolute Gasteiger partial charge is 0.295 e. The second kappa shape index (κ2) is 5.75. The van der Waals surface area contributed by atoms with Gasteiger partial charge in [0, 0.05) is 0 Å². The van der Waals surface area contributed by atoms with Crippen molar-refractivity contribution in [3.05, 3.63) is 0 Å². The number of halogens is 6. The Morgan fingerprint density at radius 3 is 1.88 bits per heavy atom. The van der Waals surface area contributed by atoms with Crippen LogP contribution in [-0.2, 0) is 0 Å². The van der Waals surface area contributed by atoms with Gasteiger partial charge in [0.15, 0.2) is 0 Å². The van der Waals surface area contributed by atoms with Gasteiger partial charge in [-0.3, -0.25) is 4.90 Å². The van der Waals surface area contributed by atoms with Crippen LogP contribution < -0.4 is 0 Å². The van der Waals surface area contributed by atoms with Crippen molar-refractivity contribution in [1.82, 2.24) is 4.90 Å². The summed E-state index contributed by atoms with van der Waals surface area (Å²) < 4.78 is 73.1. The van der Waals surface area contributed by atoms with Crippen molar-refractivity contribution in [3.8, 4) is 0 Å². The predicted octanol–water partition coefficient (Wildman–Crippen LogP) is 3.60. The first-order valence-corrected chi connectivity index (χ1v) is 4.91. The zero-order chi connectivity index (χ0) is 13.0. The van der Waals surface area contributed by atoms with Crippen LogP contribution >= 0.6 is 0 Å². The summed E-state index contributed by atoms with van der Waals surface area (Å²) in [4.78, 5) is 0.719. The Morgan fingerprint density at radius 1 is 1.06 bits per heavy atom. The lowest BCUT2D eigenvalue weighted by Gasteiger charge is -2.30. The van der Waals surface area contributed by atoms with Gasteiger partial charge in [-0.1, -0.05) is 13.3 Å². The van der Waals surface area contributed by atoms with Gasteiger partial charge < -0.3 is 0 Å². The molecule has 0 fully saturated rings. The van der Waals surface area contributed by atoms with E-state index in [-0.39, 0.29) is 6.54 Å². The van der Waals surface area contributed by atoms with Gasteiger partial charge >= 0.3 is 12.4 Å². The Bertz CT molecular complexity index is 197. The molecule has 16 heavy (non-hydrogen) atoms. The monoisotopic (exact) mass is 251 g/mol. The van der Waals surface area contributed by atoms with Crippen molar-refractivity contribution in [3.63, 3.8) is 0 Å². The minimum Gasteiger partial charge on any atom is -0.295 e. The average molecular weight is 251 g/mol. The van der Waals surface area contributed by atoms with E-state index in [1.54, 1.807) is 6.92 Å². The fourth-order valence-corrected chi connectivity index (χ4v) is 1.30. The molecule has 1 unspecified atom stereocenters. The number of alkyl halides is 6. The van der Waals surface area contributed by atoms with Gasteiger partial charge in [-0.25, -0.2) is 0 Å². The van der Waals surface area contributed by atoms with Crippen LogP contribution in [0.1, 0.15) is 26.2 Å². The minimum atomic E-state index is -4.85. The maximum atomic E-state index is 12.4. The van der Waals surface area contributed by atoms with Crippen LogP contribution in [0.25, 0.3) is 0 Å². The maximum absolute atomic E-state index is 12.4. The van der Waals surface area contributed by atoms with E-state index in [9.17, 15) is 26.3 Å². The van der Waals surface area contributed by atoms with E-state index >= 15 is 0 Å². The number of unbranched alkanes of at least 4 members (excludes halogenated alkanes) is 1. The molecule has 0 spiro atoms. The van der Waals surface area contributed by atoms with Crippen molar-refractivity contribution in [1.29, 1.82) is 0 Å². The normalized spacial score (nSPS) is 15.6. The van der Waals surface area contributed by atoms with Crippen molar-refractivity contribution in [2.45, 2.75) is 44.6 Å². The molecule has 0 aliphatic rings.